The van der Waals surface area contributed by atoms with E-state index in [9.17, 15) is 22.4 Å². The number of nitrogens with one attached hydrogen (secondary N) is 1. The molecule has 186 valence electrons. The van der Waals surface area contributed by atoms with Gasteiger partial charge in [-0.2, -0.15) is 13.2 Å². The van der Waals surface area contributed by atoms with Crippen LogP contribution in [0.4, 0.5) is 28.0 Å². The van der Waals surface area contributed by atoms with Crippen molar-refractivity contribution in [1.29, 1.82) is 0 Å². The molecule has 0 bridgehead atoms. The third-order valence-electron chi connectivity index (χ3n) is 5.81. The number of carbonyl (C=O) groups excluding carboxylic acids is 1. The molecule has 11 heteroatoms. The predicted octanol–water partition coefficient (Wildman–Crippen LogP) is 4.85. The van der Waals surface area contributed by atoms with Crippen molar-refractivity contribution in [2.75, 3.05) is 38.2 Å². The van der Waals surface area contributed by atoms with E-state index < -0.39 is 23.6 Å². The lowest BCUT2D eigenvalue weighted by atomic mass is 10.1. The lowest BCUT2D eigenvalue weighted by molar-refractivity contribution is -0.138. The van der Waals surface area contributed by atoms with Crippen LogP contribution < -0.4 is 15.0 Å². The summed E-state index contributed by atoms with van der Waals surface area (Å²) in [5.41, 5.74) is 0.387. The molecule has 1 N–H and O–H groups in total. The number of halogens is 4. The maximum Gasteiger partial charge on any atom is 0.416 e. The molecular formula is C24H24F4N4O3. The fraction of sp³-hybridized carbons (Fsp3) is 0.333. The first kappa shape index (κ1) is 24.4. The number of urea groups is 1. The fourth-order valence-electron chi connectivity index (χ4n) is 3.98. The molecule has 0 radical (unpaired) electrons. The molecule has 0 atom stereocenters. The van der Waals surface area contributed by atoms with Gasteiger partial charge in [0.25, 0.3) is 0 Å². The van der Waals surface area contributed by atoms with Crippen molar-refractivity contribution in [3.8, 4) is 17.1 Å². The summed E-state index contributed by atoms with van der Waals surface area (Å²) in [6.07, 6.45) is -3.08. The second kappa shape index (κ2) is 9.85. The van der Waals surface area contributed by atoms with E-state index >= 15 is 0 Å². The zero-order valence-electron chi connectivity index (χ0n) is 19.2. The van der Waals surface area contributed by atoms with Gasteiger partial charge in [-0.3, -0.25) is 0 Å². The number of carbonyl (C=O) groups is 1. The molecule has 2 amide bonds. The summed E-state index contributed by atoms with van der Waals surface area (Å²) in [4.78, 5) is 20.3. The summed E-state index contributed by atoms with van der Waals surface area (Å²) in [5.74, 6) is 0.791. The smallest absolute Gasteiger partial charge is 0.416 e. The zero-order valence-corrected chi connectivity index (χ0v) is 19.2. The second-order valence-electron chi connectivity index (χ2n) is 8.06. The Kier molecular flexibility index (Phi) is 6.86. The number of methoxy groups -OCH3 is 1. The van der Waals surface area contributed by atoms with Crippen molar-refractivity contribution in [2.45, 2.75) is 19.6 Å². The number of hydrogen-bond donors (Lipinski definition) is 1. The van der Waals surface area contributed by atoms with Crippen LogP contribution in [0.25, 0.3) is 11.3 Å². The molecule has 1 aliphatic rings. The monoisotopic (exact) mass is 492 g/mol. The Labute approximate surface area is 199 Å². The molecule has 2 aromatic carbocycles. The van der Waals surface area contributed by atoms with E-state index in [0.717, 1.165) is 23.4 Å². The minimum Gasteiger partial charge on any atom is -0.496 e. The number of anilines is 1. The Morgan fingerprint density at radius 1 is 1.14 bits per heavy atom. The fourth-order valence-corrected chi connectivity index (χ4v) is 3.98. The molecule has 0 unspecified atom stereocenters. The van der Waals surface area contributed by atoms with Gasteiger partial charge >= 0.3 is 12.2 Å². The molecule has 1 aromatic heterocycles. The number of amides is 2. The molecule has 0 saturated carbocycles. The highest BCUT2D eigenvalue weighted by Crippen LogP contribution is 2.35. The second-order valence-corrected chi connectivity index (χ2v) is 8.06. The van der Waals surface area contributed by atoms with Crippen LogP contribution in [0.15, 0.2) is 47.0 Å². The minimum absolute atomic E-state index is 0.194. The summed E-state index contributed by atoms with van der Waals surface area (Å²) < 4.78 is 63.9. The van der Waals surface area contributed by atoms with E-state index in [1.807, 2.05) is 18.2 Å². The molecule has 0 aliphatic carbocycles. The van der Waals surface area contributed by atoms with Crippen LogP contribution >= 0.6 is 0 Å². The largest absolute Gasteiger partial charge is 0.496 e. The molecule has 4 rings (SSSR count). The first-order valence-corrected chi connectivity index (χ1v) is 10.9. The van der Waals surface area contributed by atoms with Gasteiger partial charge in [0, 0.05) is 51.4 Å². The van der Waals surface area contributed by atoms with Crippen LogP contribution in [-0.2, 0) is 12.7 Å². The third-order valence-corrected chi connectivity index (χ3v) is 5.81. The van der Waals surface area contributed by atoms with Crippen LogP contribution in [-0.4, -0.2) is 49.2 Å². The molecule has 0 spiro atoms. The Bertz CT molecular complexity index is 1200. The maximum atomic E-state index is 13.3. The molecule has 2 heterocycles. The maximum absolute atomic E-state index is 13.3. The summed E-state index contributed by atoms with van der Waals surface area (Å²) in [7, 11) is 1.57. The van der Waals surface area contributed by atoms with E-state index in [1.165, 1.54) is 4.90 Å². The van der Waals surface area contributed by atoms with Crippen molar-refractivity contribution >= 4 is 11.7 Å². The van der Waals surface area contributed by atoms with Gasteiger partial charge in [0.05, 0.1) is 24.4 Å². The van der Waals surface area contributed by atoms with Crippen LogP contribution in [0.2, 0.25) is 0 Å². The van der Waals surface area contributed by atoms with E-state index in [4.69, 9.17) is 9.15 Å². The molecule has 1 fully saturated rings. The van der Waals surface area contributed by atoms with Crippen LogP contribution in [0.1, 0.15) is 17.0 Å². The van der Waals surface area contributed by atoms with Crippen molar-refractivity contribution in [3.63, 3.8) is 0 Å². The van der Waals surface area contributed by atoms with E-state index in [2.05, 4.69) is 15.2 Å². The summed E-state index contributed by atoms with van der Waals surface area (Å²) in [6, 6.07) is 7.63. The average molecular weight is 492 g/mol. The number of ether oxygens (including phenoxy) is 1. The minimum atomic E-state index is -4.71. The number of aromatic nitrogens is 1. The predicted molar refractivity (Wildman–Crippen MR) is 121 cm³/mol. The molecule has 3 aromatic rings. The Hall–Kier alpha value is -3.76. The highest BCUT2D eigenvalue weighted by Gasteiger charge is 2.34. The van der Waals surface area contributed by atoms with Gasteiger partial charge in [-0.15, -0.1) is 0 Å². The van der Waals surface area contributed by atoms with Gasteiger partial charge in [-0.25, -0.2) is 14.2 Å². The zero-order chi connectivity index (χ0) is 25.2. The Balaban J connectivity index is 1.36. The average Bonchev–Trinajstić information content (AvgIpc) is 3.28. The normalized spacial score (nSPS) is 14.2. The van der Waals surface area contributed by atoms with Gasteiger partial charge in [-0.1, -0.05) is 6.07 Å². The third kappa shape index (κ3) is 5.50. The highest BCUT2D eigenvalue weighted by atomic mass is 19.4. The number of alkyl halides is 3. The molecule has 1 aliphatic heterocycles. The summed E-state index contributed by atoms with van der Waals surface area (Å²) in [6.45, 7) is 3.23. The van der Waals surface area contributed by atoms with Crippen molar-refractivity contribution in [3.05, 3.63) is 65.4 Å². The van der Waals surface area contributed by atoms with E-state index in [1.54, 1.807) is 20.2 Å². The van der Waals surface area contributed by atoms with E-state index in [-0.39, 0.29) is 12.1 Å². The number of oxazole rings is 1. The molecule has 7 nitrogen and oxygen atoms in total. The van der Waals surface area contributed by atoms with Gasteiger partial charge in [0.1, 0.15) is 11.6 Å². The van der Waals surface area contributed by atoms with E-state index in [0.29, 0.717) is 49.6 Å². The van der Waals surface area contributed by atoms with Gasteiger partial charge in [0.15, 0.2) is 11.7 Å². The Morgan fingerprint density at radius 2 is 1.89 bits per heavy atom. The van der Waals surface area contributed by atoms with Gasteiger partial charge < -0.3 is 24.3 Å². The molecular weight excluding hydrogens is 468 g/mol. The lowest BCUT2D eigenvalue weighted by Crippen LogP contribution is -2.51. The quantitative estimate of drug-likeness (QED) is 0.516. The standard InChI is InChI=1S/C24H24F4N4O3/c1-15-29-14-22(35-15)19-6-5-18(12-21(19)34-2)31-7-9-32(10-8-31)23(33)30-13-16-3-4-17(25)11-20(16)24(26,27)28/h3-6,11-12,14H,7-10,13H2,1-2H3,(H,30,33). The number of benzene rings is 2. The van der Waals surface area contributed by atoms with Crippen molar-refractivity contribution in [1.82, 2.24) is 15.2 Å². The highest BCUT2D eigenvalue weighted by molar-refractivity contribution is 5.75. The topological polar surface area (TPSA) is 70.8 Å². The van der Waals surface area contributed by atoms with Crippen LogP contribution in [0, 0.1) is 12.7 Å². The van der Waals surface area contributed by atoms with Gasteiger partial charge in [0.2, 0.25) is 0 Å². The van der Waals surface area contributed by atoms with Crippen molar-refractivity contribution in [2.24, 2.45) is 0 Å². The number of piperazine rings is 1. The van der Waals surface area contributed by atoms with Gasteiger partial charge in [-0.05, 0) is 29.8 Å². The SMILES string of the molecule is COc1cc(N2CCN(C(=O)NCc3ccc(F)cc3C(F)(F)F)CC2)ccc1-c1cnc(C)o1. The number of rotatable bonds is 5. The number of nitrogens with zero attached hydrogens (tertiary/aromatic N) is 3. The van der Waals surface area contributed by atoms with Crippen molar-refractivity contribution < 1.29 is 31.5 Å². The first-order chi connectivity index (χ1) is 16.7. The Morgan fingerprint density at radius 3 is 2.51 bits per heavy atom. The first-order valence-electron chi connectivity index (χ1n) is 10.9. The summed E-state index contributed by atoms with van der Waals surface area (Å²) in [5, 5.41) is 2.51. The molecule has 35 heavy (non-hydrogen) atoms. The summed E-state index contributed by atoms with van der Waals surface area (Å²) >= 11 is 0. The number of aryl methyl sites for hydroxylation is 1. The van der Waals surface area contributed by atoms with Crippen LogP contribution in [0.3, 0.4) is 0 Å². The molecule has 1 saturated heterocycles. The van der Waals surface area contributed by atoms with Crippen LogP contribution in [0.5, 0.6) is 5.75 Å². The lowest BCUT2D eigenvalue weighted by Gasteiger charge is -2.36. The number of hydrogen-bond acceptors (Lipinski definition) is 5.